The second-order valence-electron chi connectivity index (χ2n) is 6.93. The molecule has 9 heteroatoms. The van der Waals surface area contributed by atoms with Crippen molar-refractivity contribution < 1.29 is 23.1 Å². The van der Waals surface area contributed by atoms with Gasteiger partial charge in [0, 0.05) is 11.6 Å². The van der Waals surface area contributed by atoms with Gasteiger partial charge in [-0.3, -0.25) is 9.59 Å². The lowest BCUT2D eigenvalue weighted by Crippen LogP contribution is -2.43. The molecule has 1 aromatic heterocycles. The molecular weight excluding hydrogens is 369 g/mol. The summed E-state index contributed by atoms with van der Waals surface area (Å²) in [5.41, 5.74) is 0.395. The standard InChI is InChI=1S/C19H22FN3O5/c1-12-4-2-3-5-15(12)21-16(24)11-27-17(25)10-23-19(26)28-18(22-23)13-6-8-14(20)9-7-13/h6-9,12,15H,2-5,10-11H2,1H3,(H,21,24)/t12-,15-/m1/s1. The first-order valence-electron chi connectivity index (χ1n) is 9.21. The third kappa shape index (κ3) is 5.05. The fraction of sp³-hybridized carbons (Fsp3) is 0.474. The molecule has 0 spiro atoms. The smallest absolute Gasteiger partial charge is 0.437 e. The number of carbonyl (C=O) groups is 2. The molecule has 0 unspecified atom stereocenters. The summed E-state index contributed by atoms with van der Waals surface area (Å²) in [6, 6.07) is 5.30. The molecule has 1 aromatic carbocycles. The van der Waals surface area contributed by atoms with Crippen molar-refractivity contribution in [3.63, 3.8) is 0 Å². The van der Waals surface area contributed by atoms with E-state index in [9.17, 15) is 18.8 Å². The third-order valence-corrected chi connectivity index (χ3v) is 4.80. The predicted molar refractivity (Wildman–Crippen MR) is 96.7 cm³/mol. The topological polar surface area (TPSA) is 103 Å². The number of amides is 1. The Morgan fingerprint density at radius 1 is 1.29 bits per heavy atom. The van der Waals surface area contributed by atoms with Gasteiger partial charge in [0.05, 0.1) is 0 Å². The second-order valence-corrected chi connectivity index (χ2v) is 6.93. The van der Waals surface area contributed by atoms with E-state index < -0.39 is 30.7 Å². The van der Waals surface area contributed by atoms with Crippen molar-refractivity contribution in [2.24, 2.45) is 5.92 Å². The van der Waals surface area contributed by atoms with Gasteiger partial charge in [-0.15, -0.1) is 5.10 Å². The second kappa shape index (κ2) is 8.81. The number of carbonyl (C=O) groups excluding carboxylic acids is 2. The molecule has 3 rings (SSSR count). The Bertz CT molecular complexity index is 890. The predicted octanol–water partition coefficient (Wildman–Crippen LogP) is 1.88. The van der Waals surface area contributed by atoms with Crippen molar-refractivity contribution >= 4 is 11.9 Å². The Kier molecular flexibility index (Phi) is 6.23. The summed E-state index contributed by atoms with van der Waals surface area (Å²) in [5, 5.41) is 6.77. The first kappa shape index (κ1) is 19.8. The van der Waals surface area contributed by atoms with E-state index in [2.05, 4.69) is 17.3 Å². The zero-order valence-corrected chi connectivity index (χ0v) is 15.5. The molecule has 2 aromatic rings. The van der Waals surface area contributed by atoms with Gasteiger partial charge >= 0.3 is 11.7 Å². The van der Waals surface area contributed by atoms with Gasteiger partial charge in [-0.1, -0.05) is 19.8 Å². The van der Waals surface area contributed by atoms with Gasteiger partial charge in [-0.05, 0) is 43.0 Å². The molecule has 28 heavy (non-hydrogen) atoms. The van der Waals surface area contributed by atoms with Crippen molar-refractivity contribution in [1.82, 2.24) is 15.1 Å². The molecule has 1 aliphatic rings. The van der Waals surface area contributed by atoms with Crippen LogP contribution in [0.25, 0.3) is 11.5 Å². The minimum absolute atomic E-state index is 0.0400. The van der Waals surface area contributed by atoms with Gasteiger partial charge in [-0.25, -0.2) is 9.18 Å². The van der Waals surface area contributed by atoms with E-state index in [0.717, 1.165) is 30.4 Å². The van der Waals surface area contributed by atoms with Gasteiger partial charge in [0.25, 0.3) is 5.91 Å². The maximum atomic E-state index is 13.0. The molecule has 1 saturated carbocycles. The highest BCUT2D eigenvalue weighted by molar-refractivity contribution is 5.80. The van der Waals surface area contributed by atoms with Crippen LogP contribution in [0, 0.1) is 11.7 Å². The van der Waals surface area contributed by atoms with Crippen LogP contribution in [0.1, 0.15) is 32.6 Å². The highest BCUT2D eigenvalue weighted by atomic mass is 19.1. The quantitative estimate of drug-likeness (QED) is 0.754. The Morgan fingerprint density at radius 3 is 2.71 bits per heavy atom. The molecule has 1 amide bonds. The fourth-order valence-corrected chi connectivity index (χ4v) is 3.21. The zero-order valence-electron chi connectivity index (χ0n) is 15.5. The van der Waals surface area contributed by atoms with Crippen LogP contribution in [0.5, 0.6) is 0 Å². The summed E-state index contributed by atoms with van der Waals surface area (Å²) in [5.74, 6) is -2.08. The minimum atomic E-state index is -0.850. The lowest BCUT2D eigenvalue weighted by molar-refractivity contribution is -0.149. The number of ether oxygens (including phenoxy) is 1. The van der Waals surface area contributed by atoms with Crippen molar-refractivity contribution in [3.05, 3.63) is 40.6 Å². The average Bonchev–Trinajstić information content (AvgIpc) is 3.03. The number of hydrogen-bond acceptors (Lipinski definition) is 6. The highest BCUT2D eigenvalue weighted by Gasteiger charge is 2.23. The van der Waals surface area contributed by atoms with Gasteiger partial charge < -0.3 is 14.5 Å². The van der Waals surface area contributed by atoms with Crippen LogP contribution in [0.4, 0.5) is 4.39 Å². The molecule has 2 atom stereocenters. The van der Waals surface area contributed by atoms with Crippen LogP contribution in [0.15, 0.2) is 33.5 Å². The lowest BCUT2D eigenvalue weighted by atomic mass is 9.86. The number of rotatable bonds is 6. The Morgan fingerprint density at radius 2 is 2.00 bits per heavy atom. The average molecular weight is 391 g/mol. The number of hydrogen-bond donors (Lipinski definition) is 1. The van der Waals surface area contributed by atoms with Crippen LogP contribution in [0.3, 0.4) is 0 Å². The lowest BCUT2D eigenvalue weighted by Gasteiger charge is -2.29. The van der Waals surface area contributed by atoms with Crippen LogP contribution in [-0.4, -0.2) is 34.3 Å². The minimum Gasteiger partial charge on any atom is -0.454 e. The molecular formula is C19H22FN3O5. The molecule has 8 nitrogen and oxygen atoms in total. The van der Waals surface area contributed by atoms with Gasteiger partial charge in [0.15, 0.2) is 6.61 Å². The zero-order chi connectivity index (χ0) is 20.1. The van der Waals surface area contributed by atoms with Gasteiger partial charge in [0.1, 0.15) is 12.4 Å². The van der Waals surface area contributed by atoms with Crippen LogP contribution in [-0.2, 0) is 20.9 Å². The SMILES string of the molecule is C[C@@H]1CCCC[C@H]1NC(=O)COC(=O)Cn1nc(-c2ccc(F)cc2)oc1=O. The van der Waals surface area contributed by atoms with Crippen molar-refractivity contribution in [2.75, 3.05) is 6.61 Å². The van der Waals surface area contributed by atoms with Crippen molar-refractivity contribution in [2.45, 2.75) is 45.2 Å². The number of nitrogens with zero attached hydrogens (tertiary/aromatic N) is 2. The summed E-state index contributed by atoms with van der Waals surface area (Å²) in [6.45, 7) is 1.18. The Labute approximate surface area is 160 Å². The molecule has 150 valence electrons. The van der Waals surface area contributed by atoms with Crippen LogP contribution in [0.2, 0.25) is 0 Å². The van der Waals surface area contributed by atoms with Crippen LogP contribution < -0.4 is 11.1 Å². The molecule has 0 saturated heterocycles. The summed E-state index contributed by atoms with van der Waals surface area (Å²) in [6.07, 6.45) is 4.22. The van der Waals surface area contributed by atoms with E-state index in [1.54, 1.807) is 0 Å². The molecule has 0 radical (unpaired) electrons. The molecule has 1 N–H and O–H groups in total. The fourth-order valence-electron chi connectivity index (χ4n) is 3.21. The number of esters is 1. The number of aromatic nitrogens is 2. The van der Waals surface area contributed by atoms with E-state index in [1.807, 2.05) is 0 Å². The molecule has 1 fully saturated rings. The molecule has 0 aliphatic heterocycles. The molecule has 1 heterocycles. The Hall–Kier alpha value is -2.97. The van der Waals surface area contributed by atoms with E-state index >= 15 is 0 Å². The normalized spacial score (nSPS) is 19.2. The maximum absolute atomic E-state index is 13.0. The number of benzene rings is 1. The summed E-state index contributed by atoms with van der Waals surface area (Å²) >= 11 is 0. The largest absolute Gasteiger partial charge is 0.454 e. The highest BCUT2D eigenvalue weighted by Crippen LogP contribution is 2.23. The third-order valence-electron chi connectivity index (χ3n) is 4.80. The van der Waals surface area contributed by atoms with E-state index in [4.69, 9.17) is 9.15 Å². The van der Waals surface area contributed by atoms with E-state index in [0.29, 0.717) is 11.5 Å². The van der Waals surface area contributed by atoms with Crippen molar-refractivity contribution in [3.8, 4) is 11.5 Å². The van der Waals surface area contributed by atoms with Crippen LogP contribution >= 0.6 is 0 Å². The summed E-state index contributed by atoms with van der Waals surface area (Å²) < 4.78 is 23.7. The number of halogens is 1. The van der Waals surface area contributed by atoms with Gasteiger partial charge in [0.2, 0.25) is 5.89 Å². The summed E-state index contributed by atoms with van der Waals surface area (Å²) in [4.78, 5) is 35.7. The summed E-state index contributed by atoms with van der Waals surface area (Å²) in [7, 11) is 0. The van der Waals surface area contributed by atoms with E-state index in [-0.39, 0.29) is 17.8 Å². The van der Waals surface area contributed by atoms with Crippen molar-refractivity contribution in [1.29, 1.82) is 0 Å². The van der Waals surface area contributed by atoms with Gasteiger partial charge in [-0.2, -0.15) is 4.68 Å². The van der Waals surface area contributed by atoms with E-state index in [1.165, 1.54) is 24.3 Å². The number of nitrogens with one attached hydrogen (secondary N) is 1. The first-order chi connectivity index (χ1) is 13.4. The molecule has 1 aliphatic carbocycles. The molecule has 0 bridgehead atoms. The maximum Gasteiger partial charge on any atom is 0.437 e. The monoisotopic (exact) mass is 391 g/mol. The Balaban J connectivity index is 1.51. The first-order valence-corrected chi connectivity index (χ1v) is 9.21.